The number of unbranched alkanes of at least 4 members (excludes halogenated alkanes) is 1. The number of aliphatic hydroxyl groups excluding tert-OH is 1. The van der Waals surface area contributed by atoms with Crippen LogP contribution in [0.15, 0.2) is 23.3 Å². The molecule has 0 radical (unpaired) electrons. The molecule has 0 saturated carbocycles. The second-order valence-electron chi connectivity index (χ2n) is 5.80. The maximum atomic E-state index is 8.98. The highest BCUT2D eigenvalue weighted by atomic mass is 16.3. The number of hydrogen-bond acceptors (Lipinski definition) is 5. The zero-order chi connectivity index (χ0) is 16.9. The first-order valence-electron chi connectivity index (χ1n) is 8.71. The van der Waals surface area contributed by atoms with E-state index in [0.717, 1.165) is 37.4 Å². The molecule has 1 unspecified atom stereocenters. The van der Waals surface area contributed by atoms with Crippen LogP contribution in [0.4, 0.5) is 0 Å². The van der Waals surface area contributed by atoms with Gasteiger partial charge in [-0.3, -0.25) is 9.98 Å². The summed E-state index contributed by atoms with van der Waals surface area (Å²) in [6, 6.07) is 3.91. The van der Waals surface area contributed by atoms with Crippen molar-refractivity contribution in [3.63, 3.8) is 0 Å². The van der Waals surface area contributed by atoms with E-state index in [1.165, 1.54) is 19.4 Å². The average Bonchev–Trinajstić information content (AvgIpc) is 2.59. The molecule has 130 valence electrons. The number of aromatic nitrogens is 1. The maximum Gasteiger partial charge on any atom is 0.0702 e. The molecule has 1 aromatic heterocycles. The second kappa shape index (κ2) is 12.2. The summed E-state index contributed by atoms with van der Waals surface area (Å²) >= 11 is 0. The molecule has 1 heterocycles. The first kappa shape index (κ1) is 19.7. The molecular formula is C18H32N4O. The molecule has 1 atom stereocenters. The van der Waals surface area contributed by atoms with Crippen molar-refractivity contribution in [1.29, 1.82) is 0 Å². The quantitative estimate of drug-likeness (QED) is 0.457. The van der Waals surface area contributed by atoms with Gasteiger partial charge in [-0.05, 0) is 63.6 Å². The number of nitrogens with zero attached hydrogens (tertiary/aromatic N) is 3. The third kappa shape index (κ3) is 8.79. The number of aliphatic imine (C=N–C) groups is 1. The van der Waals surface area contributed by atoms with Crippen molar-refractivity contribution in [3.05, 3.63) is 29.6 Å². The second-order valence-corrected chi connectivity index (χ2v) is 5.80. The van der Waals surface area contributed by atoms with Gasteiger partial charge >= 0.3 is 0 Å². The predicted octanol–water partition coefficient (Wildman–Crippen LogP) is 2.09. The average molecular weight is 320 g/mol. The van der Waals surface area contributed by atoms with Crippen molar-refractivity contribution in [3.8, 4) is 0 Å². The first-order chi connectivity index (χ1) is 11.2. The Kier molecular flexibility index (Phi) is 10.4. The molecule has 0 saturated heterocycles. The third-order valence-corrected chi connectivity index (χ3v) is 3.86. The largest absolute Gasteiger partial charge is 0.394 e. The Hall–Kier alpha value is -1.30. The monoisotopic (exact) mass is 320 g/mol. The van der Waals surface area contributed by atoms with Crippen LogP contribution in [-0.2, 0) is 6.54 Å². The van der Waals surface area contributed by atoms with Gasteiger partial charge in [0, 0.05) is 19.0 Å². The van der Waals surface area contributed by atoms with Gasteiger partial charge in [-0.15, -0.1) is 0 Å². The van der Waals surface area contributed by atoms with E-state index in [-0.39, 0.29) is 12.6 Å². The number of hydrogen-bond donors (Lipinski definition) is 2. The molecule has 0 aliphatic heterocycles. The van der Waals surface area contributed by atoms with Crippen LogP contribution in [0.25, 0.3) is 0 Å². The Labute approximate surface area is 140 Å². The van der Waals surface area contributed by atoms with Gasteiger partial charge in [0.05, 0.1) is 18.3 Å². The minimum absolute atomic E-state index is 0.0597. The number of rotatable bonds is 12. The van der Waals surface area contributed by atoms with Crippen LogP contribution in [-0.4, -0.2) is 60.0 Å². The summed E-state index contributed by atoms with van der Waals surface area (Å²) in [4.78, 5) is 11.1. The van der Waals surface area contributed by atoms with Crippen LogP contribution < -0.4 is 5.32 Å². The van der Waals surface area contributed by atoms with Gasteiger partial charge in [-0.2, -0.15) is 0 Å². The molecule has 23 heavy (non-hydrogen) atoms. The highest BCUT2D eigenvalue weighted by Gasteiger charge is 1.99. The molecule has 1 aromatic rings. The van der Waals surface area contributed by atoms with Crippen LogP contribution in [0.2, 0.25) is 0 Å². The molecule has 5 heteroatoms. The topological polar surface area (TPSA) is 60.8 Å². The van der Waals surface area contributed by atoms with Crippen LogP contribution in [0.5, 0.6) is 0 Å². The molecule has 5 nitrogen and oxygen atoms in total. The van der Waals surface area contributed by atoms with Crippen LogP contribution in [0.1, 0.15) is 44.9 Å². The van der Waals surface area contributed by atoms with Crippen LogP contribution >= 0.6 is 0 Å². The van der Waals surface area contributed by atoms with Crippen molar-refractivity contribution in [2.75, 3.05) is 32.8 Å². The fourth-order valence-electron chi connectivity index (χ4n) is 2.28. The van der Waals surface area contributed by atoms with Gasteiger partial charge in [0.15, 0.2) is 0 Å². The Morgan fingerprint density at radius 2 is 2.13 bits per heavy atom. The van der Waals surface area contributed by atoms with E-state index < -0.39 is 0 Å². The fourth-order valence-corrected chi connectivity index (χ4v) is 2.28. The molecule has 0 bridgehead atoms. The summed E-state index contributed by atoms with van der Waals surface area (Å²) < 4.78 is 0. The molecular weight excluding hydrogens is 288 g/mol. The minimum atomic E-state index is -0.0597. The van der Waals surface area contributed by atoms with Crippen LogP contribution in [0.3, 0.4) is 0 Å². The minimum Gasteiger partial charge on any atom is -0.394 e. The molecule has 0 aliphatic rings. The lowest BCUT2D eigenvalue weighted by Gasteiger charge is -2.17. The summed E-state index contributed by atoms with van der Waals surface area (Å²) in [7, 11) is 0. The number of nitrogens with one attached hydrogen (secondary N) is 1. The van der Waals surface area contributed by atoms with Crippen molar-refractivity contribution < 1.29 is 5.11 Å². The zero-order valence-corrected chi connectivity index (χ0v) is 14.8. The Balaban J connectivity index is 2.26. The lowest BCUT2D eigenvalue weighted by atomic mass is 10.2. The maximum absolute atomic E-state index is 8.98. The zero-order valence-electron chi connectivity index (χ0n) is 14.8. The fraction of sp³-hybridized carbons (Fsp3) is 0.667. The van der Waals surface area contributed by atoms with Crippen molar-refractivity contribution >= 4 is 6.21 Å². The normalized spacial score (nSPS) is 13.1. The van der Waals surface area contributed by atoms with Gasteiger partial charge in [0.25, 0.3) is 0 Å². The highest BCUT2D eigenvalue weighted by Crippen LogP contribution is 2.01. The Bertz CT molecular complexity index is 446. The van der Waals surface area contributed by atoms with E-state index in [1.807, 2.05) is 25.3 Å². The van der Waals surface area contributed by atoms with E-state index in [4.69, 9.17) is 5.11 Å². The van der Waals surface area contributed by atoms with E-state index in [9.17, 15) is 0 Å². The van der Waals surface area contributed by atoms with E-state index in [0.29, 0.717) is 0 Å². The van der Waals surface area contributed by atoms with Gasteiger partial charge in [-0.25, -0.2) is 0 Å². The summed E-state index contributed by atoms with van der Waals surface area (Å²) in [6.45, 7) is 11.6. The molecule has 0 spiro atoms. The van der Waals surface area contributed by atoms with Gasteiger partial charge in [0.2, 0.25) is 0 Å². The predicted molar refractivity (Wildman–Crippen MR) is 97.1 cm³/mol. The lowest BCUT2D eigenvalue weighted by Crippen LogP contribution is -2.25. The molecule has 0 amide bonds. The standard InChI is InChI=1S/C18H32N4O/c1-4-22(5-2)11-7-6-9-19-14-18-12-17(8-10-20-18)13-21-16(3)15-23/h8,10,12-13,16,19,23H,4-7,9,11,14-15H2,1-3H3. The summed E-state index contributed by atoms with van der Waals surface area (Å²) in [5.74, 6) is 0. The van der Waals surface area contributed by atoms with Gasteiger partial charge in [0.1, 0.15) is 0 Å². The lowest BCUT2D eigenvalue weighted by molar-refractivity contribution is 0.275. The molecule has 0 fully saturated rings. The van der Waals surface area contributed by atoms with Crippen molar-refractivity contribution in [2.45, 2.75) is 46.2 Å². The Morgan fingerprint density at radius 3 is 2.83 bits per heavy atom. The Morgan fingerprint density at radius 1 is 1.35 bits per heavy atom. The smallest absolute Gasteiger partial charge is 0.0702 e. The summed E-state index contributed by atoms with van der Waals surface area (Å²) in [6.07, 6.45) is 6.03. The van der Waals surface area contributed by atoms with Crippen molar-refractivity contribution in [1.82, 2.24) is 15.2 Å². The van der Waals surface area contributed by atoms with Crippen LogP contribution in [0, 0.1) is 0 Å². The molecule has 2 N–H and O–H groups in total. The van der Waals surface area contributed by atoms with E-state index >= 15 is 0 Å². The van der Waals surface area contributed by atoms with Crippen molar-refractivity contribution in [2.24, 2.45) is 4.99 Å². The third-order valence-electron chi connectivity index (χ3n) is 3.86. The molecule has 0 aromatic carbocycles. The van der Waals surface area contributed by atoms with Gasteiger partial charge < -0.3 is 15.3 Å². The van der Waals surface area contributed by atoms with E-state index in [2.05, 4.69) is 34.0 Å². The number of aliphatic hydroxyl groups is 1. The molecule has 0 aliphatic carbocycles. The molecule has 1 rings (SSSR count). The summed E-state index contributed by atoms with van der Waals surface area (Å²) in [5, 5.41) is 12.4. The summed E-state index contributed by atoms with van der Waals surface area (Å²) in [5.41, 5.74) is 2.05. The first-order valence-corrected chi connectivity index (χ1v) is 8.71. The SMILES string of the molecule is CCN(CC)CCCCNCc1cc(C=NC(C)CO)ccn1. The highest BCUT2D eigenvalue weighted by molar-refractivity contribution is 5.79. The van der Waals surface area contributed by atoms with Gasteiger partial charge in [-0.1, -0.05) is 13.8 Å². The van der Waals surface area contributed by atoms with E-state index in [1.54, 1.807) is 6.21 Å². The number of pyridine rings is 1.